The molecule has 1 fully saturated rings. The number of hydrogen-bond donors (Lipinski definition) is 0. The third-order valence-electron chi connectivity index (χ3n) is 2.16. The van der Waals surface area contributed by atoms with Gasteiger partial charge >= 0.3 is 0 Å². The Labute approximate surface area is 66.3 Å². The molecule has 0 bridgehead atoms. The van der Waals surface area contributed by atoms with Crippen LogP contribution in [0.1, 0.15) is 32.6 Å². The molecule has 1 aliphatic carbocycles. The lowest BCUT2D eigenvalue weighted by atomic mass is 10.1. The standard InChI is InChI=1S/C8H13NO2/c1-7(9(10)11)6-8-4-2-3-5-8/h6,8H,2-5H2,1H3/b7-6-. The van der Waals surface area contributed by atoms with Gasteiger partial charge in [0.1, 0.15) is 0 Å². The highest BCUT2D eigenvalue weighted by molar-refractivity contribution is 4.94. The molecule has 0 atom stereocenters. The van der Waals surface area contributed by atoms with E-state index in [1.54, 1.807) is 13.0 Å². The average Bonchev–Trinajstić information content (AvgIpc) is 2.39. The average molecular weight is 155 g/mol. The first-order chi connectivity index (χ1) is 5.20. The van der Waals surface area contributed by atoms with Crippen LogP contribution in [0.4, 0.5) is 0 Å². The Morgan fingerprint density at radius 3 is 2.55 bits per heavy atom. The molecule has 1 aliphatic rings. The fourth-order valence-electron chi connectivity index (χ4n) is 1.53. The minimum atomic E-state index is -0.307. The van der Waals surface area contributed by atoms with E-state index in [9.17, 15) is 10.1 Å². The van der Waals surface area contributed by atoms with Gasteiger partial charge in [0, 0.05) is 6.92 Å². The molecule has 0 spiro atoms. The normalized spacial score (nSPS) is 20.6. The Balaban J connectivity index is 2.49. The van der Waals surface area contributed by atoms with Crippen LogP contribution in [0.25, 0.3) is 0 Å². The van der Waals surface area contributed by atoms with Crippen LogP contribution in [-0.2, 0) is 0 Å². The Hall–Kier alpha value is -0.860. The molecule has 62 valence electrons. The predicted molar refractivity (Wildman–Crippen MR) is 42.7 cm³/mol. The third-order valence-corrected chi connectivity index (χ3v) is 2.16. The van der Waals surface area contributed by atoms with E-state index in [2.05, 4.69) is 0 Å². The van der Waals surface area contributed by atoms with Crippen LogP contribution in [0.2, 0.25) is 0 Å². The van der Waals surface area contributed by atoms with E-state index in [1.807, 2.05) is 0 Å². The number of nitrogens with zero attached hydrogens (tertiary/aromatic N) is 1. The number of hydrogen-bond acceptors (Lipinski definition) is 2. The maximum absolute atomic E-state index is 10.2. The van der Waals surface area contributed by atoms with Crippen molar-refractivity contribution in [3.63, 3.8) is 0 Å². The lowest BCUT2D eigenvalue weighted by Crippen LogP contribution is -1.97. The van der Waals surface area contributed by atoms with E-state index in [1.165, 1.54) is 12.8 Å². The van der Waals surface area contributed by atoms with Gasteiger partial charge in [-0.2, -0.15) is 0 Å². The molecular formula is C8H13NO2. The molecule has 0 saturated heterocycles. The van der Waals surface area contributed by atoms with Gasteiger partial charge in [0.15, 0.2) is 0 Å². The molecule has 0 radical (unpaired) electrons. The zero-order chi connectivity index (χ0) is 8.27. The van der Waals surface area contributed by atoms with Gasteiger partial charge in [-0.15, -0.1) is 0 Å². The van der Waals surface area contributed by atoms with E-state index < -0.39 is 0 Å². The summed E-state index contributed by atoms with van der Waals surface area (Å²) in [7, 11) is 0. The smallest absolute Gasteiger partial charge is 0.239 e. The molecule has 3 nitrogen and oxygen atoms in total. The molecule has 0 heterocycles. The largest absolute Gasteiger partial charge is 0.259 e. The van der Waals surface area contributed by atoms with E-state index in [4.69, 9.17) is 0 Å². The van der Waals surface area contributed by atoms with Crippen molar-refractivity contribution in [3.05, 3.63) is 21.9 Å². The van der Waals surface area contributed by atoms with Crippen molar-refractivity contribution in [2.45, 2.75) is 32.6 Å². The fourth-order valence-corrected chi connectivity index (χ4v) is 1.53. The van der Waals surface area contributed by atoms with Gasteiger partial charge in [-0.05, 0) is 24.8 Å². The molecule has 1 saturated carbocycles. The molecule has 0 N–H and O–H groups in total. The molecular weight excluding hydrogens is 142 g/mol. The van der Waals surface area contributed by atoms with Crippen LogP contribution in [0.3, 0.4) is 0 Å². The van der Waals surface area contributed by atoms with Crippen molar-refractivity contribution in [1.29, 1.82) is 0 Å². The van der Waals surface area contributed by atoms with Crippen LogP contribution in [-0.4, -0.2) is 4.92 Å². The summed E-state index contributed by atoms with van der Waals surface area (Å²) in [5.74, 6) is 0.473. The summed E-state index contributed by atoms with van der Waals surface area (Å²) in [5, 5.41) is 10.2. The topological polar surface area (TPSA) is 43.1 Å². The van der Waals surface area contributed by atoms with Crippen LogP contribution in [0, 0.1) is 16.0 Å². The first-order valence-electron chi connectivity index (χ1n) is 4.03. The van der Waals surface area contributed by atoms with E-state index in [0.717, 1.165) is 12.8 Å². The van der Waals surface area contributed by atoms with Gasteiger partial charge in [0.05, 0.1) is 4.92 Å². The fraction of sp³-hybridized carbons (Fsp3) is 0.750. The van der Waals surface area contributed by atoms with Crippen molar-refractivity contribution < 1.29 is 4.92 Å². The summed E-state index contributed by atoms with van der Waals surface area (Å²) in [4.78, 5) is 9.92. The number of rotatable bonds is 2. The van der Waals surface area contributed by atoms with Crippen LogP contribution >= 0.6 is 0 Å². The second-order valence-corrected chi connectivity index (χ2v) is 3.11. The summed E-state index contributed by atoms with van der Waals surface area (Å²) in [6, 6.07) is 0. The van der Waals surface area contributed by atoms with Crippen LogP contribution < -0.4 is 0 Å². The molecule has 1 rings (SSSR count). The summed E-state index contributed by atoms with van der Waals surface area (Å²) in [6.45, 7) is 1.57. The molecule has 0 aromatic carbocycles. The first-order valence-corrected chi connectivity index (χ1v) is 4.03. The summed E-state index contributed by atoms with van der Waals surface area (Å²) in [6.07, 6.45) is 6.52. The van der Waals surface area contributed by atoms with E-state index >= 15 is 0 Å². The van der Waals surface area contributed by atoms with Gasteiger partial charge in [0.25, 0.3) is 0 Å². The Bertz CT molecular complexity index is 181. The van der Waals surface area contributed by atoms with Gasteiger partial charge in [-0.25, -0.2) is 0 Å². The Morgan fingerprint density at radius 2 is 2.09 bits per heavy atom. The molecule has 11 heavy (non-hydrogen) atoms. The molecule has 0 aromatic heterocycles. The lowest BCUT2D eigenvalue weighted by molar-refractivity contribution is -0.424. The summed E-state index contributed by atoms with van der Waals surface area (Å²) < 4.78 is 0. The van der Waals surface area contributed by atoms with Crippen molar-refractivity contribution in [3.8, 4) is 0 Å². The van der Waals surface area contributed by atoms with E-state index in [0.29, 0.717) is 11.6 Å². The molecule has 0 aromatic rings. The Kier molecular flexibility index (Phi) is 2.63. The highest BCUT2D eigenvalue weighted by Crippen LogP contribution is 2.26. The number of allylic oxidation sites excluding steroid dienone is 2. The maximum Gasteiger partial charge on any atom is 0.239 e. The van der Waals surface area contributed by atoms with E-state index in [-0.39, 0.29) is 4.92 Å². The molecule has 0 unspecified atom stereocenters. The highest BCUT2D eigenvalue weighted by Gasteiger charge is 2.15. The lowest BCUT2D eigenvalue weighted by Gasteiger charge is -1.98. The maximum atomic E-state index is 10.2. The Morgan fingerprint density at radius 1 is 1.55 bits per heavy atom. The molecule has 0 aliphatic heterocycles. The third kappa shape index (κ3) is 2.33. The summed E-state index contributed by atoms with van der Waals surface area (Å²) in [5.41, 5.74) is 0.303. The number of nitro groups is 1. The highest BCUT2D eigenvalue weighted by atomic mass is 16.6. The molecule has 0 amide bonds. The monoisotopic (exact) mass is 155 g/mol. The van der Waals surface area contributed by atoms with Gasteiger partial charge in [-0.1, -0.05) is 12.8 Å². The minimum absolute atomic E-state index is 0.303. The van der Waals surface area contributed by atoms with Crippen molar-refractivity contribution in [2.24, 2.45) is 5.92 Å². The second kappa shape index (κ2) is 3.51. The van der Waals surface area contributed by atoms with Crippen molar-refractivity contribution in [1.82, 2.24) is 0 Å². The zero-order valence-corrected chi connectivity index (χ0v) is 6.75. The quantitative estimate of drug-likeness (QED) is 0.453. The van der Waals surface area contributed by atoms with Gasteiger partial charge < -0.3 is 0 Å². The van der Waals surface area contributed by atoms with Crippen molar-refractivity contribution >= 4 is 0 Å². The van der Waals surface area contributed by atoms with Gasteiger partial charge in [0.2, 0.25) is 5.70 Å². The first kappa shape index (κ1) is 8.24. The second-order valence-electron chi connectivity index (χ2n) is 3.11. The zero-order valence-electron chi connectivity index (χ0n) is 6.75. The van der Waals surface area contributed by atoms with Crippen molar-refractivity contribution in [2.75, 3.05) is 0 Å². The van der Waals surface area contributed by atoms with Crippen LogP contribution in [0.5, 0.6) is 0 Å². The van der Waals surface area contributed by atoms with Gasteiger partial charge in [-0.3, -0.25) is 10.1 Å². The summed E-state index contributed by atoms with van der Waals surface area (Å²) >= 11 is 0. The minimum Gasteiger partial charge on any atom is -0.259 e. The van der Waals surface area contributed by atoms with Crippen LogP contribution in [0.15, 0.2) is 11.8 Å². The molecule has 3 heteroatoms. The predicted octanol–water partition coefficient (Wildman–Crippen LogP) is 2.36. The SMILES string of the molecule is C/C(=C/C1CCCC1)[N+](=O)[O-].